The second-order valence-electron chi connectivity index (χ2n) is 4.40. The van der Waals surface area contributed by atoms with Crippen LogP contribution in [0.1, 0.15) is 16.7 Å². The molecule has 1 aromatic heterocycles. The Labute approximate surface area is 111 Å². The van der Waals surface area contributed by atoms with E-state index in [9.17, 15) is 8.42 Å². The lowest BCUT2D eigenvalue weighted by atomic mass is 10.1. The second-order valence-corrected chi connectivity index (χ2v) is 6.02. The van der Waals surface area contributed by atoms with Gasteiger partial charge >= 0.3 is 0 Å². The van der Waals surface area contributed by atoms with Gasteiger partial charge in [0.15, 0.2) is 0 Å². The molecule has 3 N–H and O–H groups in total. The minimum atomic E-state index is -3.71. The monoisotopic (exact) mass is 281 g/mol. The minimum absolute atomic E-state index is 0.191. The van der Waals surface area contributed by atoms with Gasteiger partial charge in [0.25, 0.3) is 10.0 Å². The van der Waals surface area contributed by atoms with Gasteiger partial charge in [0.2, 0.25) is 0 Å². The van der Waals surface area contributed by atoms with E-state index in [-0.39, 0.29) is 10.6 Å². The summed E-state index contributed by atoms with van der Waals surface area (Å²) in [6, 6.07) is 1.75. The minimum Gasteiger partial charge on any atom is -0.398 e. The van der Waals surface area contributed by atoms with Crippen LogP contribution in [0.15, 0.2) is 27.9 Å². The van der Waals surface area contributed by atoms with Crippen LogP contribution >= 0.6 is 0 Å². The maximum absolute atomic E-state index is 12.4. The number of aryl methyl sites for hydroxylation is 2. The molecule has 1 aromatic carbocycles. The molecular weight excluding hydrogens is 266 g/mol. The highest BCUT2D eigenvalue weighted by Gasteiger charge is 2.22. The Balaban J connectivity index is 2.55. The molecule has 6 nitrogen and oxygen atoms in total. The molecule has 2 rings (SSSR count). The molecule has 0 spiro atoms. The van der Waals surface area contributed by atoms with Crippen molar-refractivity contribution in [1.29, 1.82) is 0 Å². The van der Waals surface area contributed by atoms with Crippen molar-refractivity contribution < 1.29 is 12.9 Å². The molecule has 0 amide bonds. The molecule has 0 bridgehead atoms. The first-order valence-corrected chi connectivity index (χ1v) is 7.09. The van der Waals surface area contributed by atoms with Crippen molar-refractivity contribution in [3.8, 4) is 0 Å². The van der Waals surface area contributed by atoms with E-state index in [0.29, 0.717) is 16.8 Å². The Morgan fingerprint density at radius 2 is 1.95 bits per heavy atom. The van der Waals surface area contributed by atoms with Crippen molar-refractivity contribution in [3.05, 3.63) is 35.2 Å². The van der Waals surface area contributed by atoms with Crippen LogP contribution in [-0.4, -0.2) is 13.6 Å². The number of sulfonamides is 1. The Kier molecular flexibility index (Phi) is 3.23. The van der Waals surface area contributed by atoms with Gasteiger partial charge in [-0.05, 0) is 37.5 Å². The highest BCUT2D eigenvalue weighted by atomic mass is 32.2. The molecule has 0 radical (unpaired) electrons. The van der Waals surface area contributed by atoms with Gasteiger partial charge in [-0.15, -0.1) is 0 Å². The summed E-state index contributed by atoms with van der Waals surface area (Å²) in [6.07, 6.45) is 2.51. The van der Waals surface area contributed by atoms with Gasteiger partial charge in [-0.3, -0.25) is 4.72 Å². The van der Waals surface area contributed by atoms with E-state index in [1.807, 2.05) is 6.92 Å². The van der Waals surface area contributed by atoms with Gasteiger partial charge in [-0.25, -0.2) is 8.42 Å². The summed E-state index contributed by atoms with van der Waals surface area (Å²) in [5.41, 5.74) is 8.71. The SMILES string of the molecule is Cc1cc(C)c(S(=O)(=O)Nc2cnoc2)c(C)c1N. The van der Waals surface area contributed by atoms with Crippen LogP contribution in [0.4, 0.5) is 11.4 Å². The highest BCUT2D eigenvalue weighted by Crippen LogP contribution is 2.29. The third-order valence-electron chi connectivity index (χ3n) is 2.91. The predicted octanol–water partition coefficient (Wildman–Crippen LogP) is 1.98. The highest BCUT2D eigenvalue weighted by molar-refractivity contribution is 7.92. The number of benzene rings is 1. The molecule has 1 heterocycles. The molecule has 0 aliphatic rings. The number of anilines is 2. The van der Waals surface area contributed by atoms with Crippen LogP contribution in [0.3, 0.4) is 0 Å². The summed E-state index contributed by atoms with van der Waals surface area (Å²) in [5.74, 6) is 0. The first-order valence-electron chi connectivity index (χ1n) is 5.61. The number of nitrogen functional groups attached to an aromatic ring is 1. The van der Waals surface area contributed by atoms with Gasteiger partial charge in [0, 0.05) is 5.69 Å². The topological polar surface area (TPSA) is 98.2 Å². The first-order chi connectivity index (χ1) is 8.83. The lowest BCUT2D eigenvalue weighted by Crippen LogP contribution is -2.16. The number of nitrogens with one attached hydrogen (secondary N) is 1. The fourth-order valence-corrected chi connectivity index (χ4v) is 3.57. The molecule has 0 unspecified atom stereocenters. The number of hydrogen-bond acceptors (Lipinski definition) is 5. The standard InChI is InChI=1S/C12H15N3O3S/c1-7-4-8(2)12(9(3)11(7)13)19(16,17)15-10-5-14-18-6-10/h4-6,15H,13H2,1-3H3. The number of aromatic nitrogens is 1. The van der Waals surface area contributed by atoms with Crippen molar-refractivity contribution in [2.45, 2.75) is 25.7 Å². The second kappa shape index (κ2) is 4.58. The van der Waals surface area contributed by atoms with Crippen LogP contribution < -0.4 is 10.5 Å². The van der Waals surface area contributed by atoms with Crippen LogP contribution in [-0.2, 0) is 10.0 Å². The molecule has 0 atom stereocenters. The predicted molar refractivity (Wildman–Crippen MR) is 72.4 cm³/mol. The van der Waals surface area contributed by atoms with Crippen LogP contribution in [0.25, 0.3) is 0 Å². The Morgan fingerprint density at radius 1 is 1.26 bits per heavy atom. The van der Waals surface area contributed by atoms with Crippen molar-refractivity contribution >= 4 is 21.4 Å². The third kappa shape index (κ3) is 2.41. The van der Waals surface area contributed by atoms with Crippen molar-refractivity contribution in [3.63, 3.8) is 0 Å². The summed E-state index contributed by atoms with van der Waals surface area (Å²) in [7, 11) is -3.71. The van der Waals surface area contributed by atoms with Gasteiger partial charge in [0.05, 0.1) is 11.1 Å². The lowest BCUT2D eigenvalue weighted by Gasteiger charge is -2.15. The lowest BCUT2D eigenvalue weighted by molar-refractivity contribution is 0.420. The van der Waals surface area contributed by atoms with Crippen molar-refractivity contribution in [2.75, 3.05) is 10.5 Å². The first kappa shape index (κ1) is 13.4. The molecule has 0 aliphatic heterocycles. The van der Waals surface area contributed by atoms with Crippen molar-refractivity contribution in [2.24, 2.45) is 0 Å². The van der Waals surface area contributed by atoms with Gasteiger partial charge < -0.3 is 10.3 Å². The van der Waals surface area contributed by atoms with Gasteiger partial charge in [0.1, 0.15) is 12.0 Å². The van der Waals surface area contributed by atoms with Gasteiger partial charge in [-0.1, -0.05) is 11.2 Å². The Morgan fingerprint density at radius 3 is 2.53 bits per heavy atom. The summed E-state index contributed by atoms with van der Waals surface area (Å²) >= 11 is 0. The van der Waals surface area contributed by atoms with E-state index < -0.39 is 10.0 Å². The molecule has 0 aliphatic carbocycles. The number of rotatable bonds is 3. The average Bonchev–Trinajstić information content (AvgIpc) is 2.77. The quantitative estimate of drug-likeness (QED) is 0.838. The molecular formula is C12H15N3O3S. The summed E-state index contributed by atoms with van der Waals surface area (Å²) in [6.45, 7) is 5.28. The van der Waals surface area contributed by atoms with Gasteiger partial charge in [-0.2, -0.15) is 0 Å². The molecule has 0 fully saturated rings. The van der Waals surface area contributed by atoms with E-state index in [0.717, 1.165) is 5.56 Å². The number of hydrogen-bond donors (Lipinski definition) is 2. The molecule has 0 saturated carbocycles. The maximum atomic E-state index is 12.4. The van der Waals surface area contributed by atoms with E-state index in [2.05, 4.69) is 14.4 Å². The van der Waals surface area contributed by atoms with Crippen LogP contribution in [0.5, 0.6) is 0 Å². The van der Waals surface area contributed by atoms with E-state index >= 15 is 0 Å². The molecule has 19 heavy (non-hydrogen) atoms. The molecule has 7 heteroatoms. The van der Waals surface area contributed by atoms with E-state index in [1.54, 1.807) is 19.9 Å². The smallest absolute Gasteiger partial charge is 0.262 e. The molecule has 2 aromatic rings. The zero-order valence-corrected chi connectivity index (χ0v) is 11.7. The zero-order chi connectivity index (χ0) is 14.2. The van der Waals surface area contributed by atoms with Crippen LogP contribution in [0.2, 0.25) is 0 Å². The largest absolute Gasteiger partial charge is 0.398 e. The van der Waals surface area contributed by atoms with E-state index in [4.69, 9.17) is 5.73 Å². The van der Waals surface area contributed by atoms with Crippen LogP contribution in [0, 0.1) is 20.8 Å². The average molecular weight is 281 g/mol. The fourth-order valence-electron chi connectivity index (χ4n) is 2.06. The number of nitrogens with two attached hydrogens (primary N) is 1. The molecule has 0 saturated heterocycles. The maximum Gasteiger partial charge on any atom is 0.262 e. The Bertz CT molecular complexity index is 706. The Hall–Kier alpha value is -2.02. The molecule has 102 valence electrons. The summed E-state index contributed by atoms with van der Waals surface area (Å²) in [4.78, 5) is 0.191. The van der Waals surface area contributed by atoms with E-state index in [1.165, 1.54) is 12.5 Å². The number of nitrogens with zero attached hydrogens (tertiary/aromatic N) is 1. The zero-order valence-electron chi connectivity index (χ0n) is 10.9. The fraction of sp³-hybridized carbons (Fsp3) is 0.250. The van der Waals surface area contributed by atoms with Crippen molar-refractivity contribution in [1.82, 2.24) is 5.16 Å². The summed E-state index contributed by atoms with van der Waals surface area (Å²) in [5, 5.41) is 3.45. The normalized spacial score (nSPS) is 11.5. The third-order valence-corrected chi connectivity index (χ3v) is 4.58. The summed E-state index contributed by atoms with van der Waals surface area (Å²) < 4.78 is 31.7.